The highest BCUT2D eigenvalue weighted by molar-refractivity contribution is 5.78. The van der Waals surface area contributed by atoms with Crippen molar-refractivity contribution in [3.8, 4) is 5.75 Å². The van der Waals surface area contributed by atoms with Gasteiger partial charge in [-0.1, -0.05) is 50.3 Å². The summed E-state index contributed by atoms with van der Waals surface area (Å²) in [6, 6.07) is 9.44. The normalized spacial score (nSPS) is 18.6. The number of nitrogens with one attached hydrogen (secondary N) is 1. The first kappa shape index (κ1) is 20.7. The third kappa shape index (κ3) is 6.84. The molecule has 2 aliphatic rings. The Labute approximate surface area is 168 Å². The monoisotopic (exact) mass is 386 g/mol. The van der Waals surface area contributed by atoms with Gasteiger partial charge in [-0.15, -0.1) is 0 Å². The number of hydrogen-bond acceptors (Lipinski definition) is 3. The zero-order chi connectivity index (χ0) is 19.6. The van der Waals surface area contributed by atoms with Crippen molar-refractivity contribution in [2.45, 2.75) is 57.8 Å². The Morgan fingerprint density at radius 1 is 0.964 bits per heavy atom. The number of hydrogen-bond donors (Lipinski definition) is 1. The van der Waals surface area contributed by atoms with Gasteiger partial charge in [0.15, 0.2) is 6.61 Å². The molecule has 0 radical (unpaired) electrons. The van der Waals surface area contributed by atoms with Crippen LogP contribution in [0.2, 0.25) is 0 Å². The van der Waals surface area contributed by atoms with E-state index in [4.69, 9.17) is 4.74 Å². The van der Waals surface area contributed by atoms with Crippen LogP contribution in [0.5, 0.6) is 5.75 Å². The first-order valence-corrected chi connectivity index (χ1v) is 10.9. The summed E-state index contributed by atoms with van der Waals surface area (Å²) in [4.78, 5) is 26.3. The number of likely N-dealkylation sites (tertiary alicyclic amines) is 1. The van der Waals surface area contributed by atoms with Crippen molar-refractivity contribution in [3.05, 3.63) is 30.3 Å². The largest absolute Gasteiger partial charge is 0.484 e. The standard InChI is InChI=1S/C23H34N2O3/c26-22(12-11-19-7-3-1-4-8-19)24-17-20-13-15-25(16-14-20)23(27)18-28-21-9-5-2-6-10-21/h2,5-6,9-10,19-20H,1,3-4,7-8,11-18H2,(H,24,26). The first-order chi connectivity index (χ1) is 13.7. The highest BCUT2D eigenvalue weighted by atomic mass is 16.5. The molecule has 1 aliphatic carbocycles. The number of nitrogens with zero attached hydrogens (tertiary/aromatic N) is 1. The summed E-state index contributed by atoms with van der Waals surface area (Å²) in [5, 5.41) is 3.12. The van der Waals surface area contributed by atoms with Gasteiger partial charge in [0.25, 0.3) is 5.91 Å². The third-order valence-electron chi connectivity index (χ3n) is 6.17. The summed E-state index contributed by atoms with van der Waals surface area (Å²) in [7, 11) is 0. The Morgan fingerprint density at radius 2 is 1.68 bits per heavy atom. The van der Waals surface area contributed by atoms with E-state index in [2.05, 4.69) is 5.32 Å². The number of amides is 2. The van der Waals surface area contributed by atoms with Gasteiger partial charge in [0.2, 0.25) is 5.91 Å². The van der Waals surface area contributed by atoms with Crippen molar-refractivity contribution < 1.29 is 14.3 Å². The van der Waals surface area contributed by atoms with Gasteiger partial charge in [0.1, 0.15) is 5.75 Å². The molecule has 1 aromatic carbocycles. The van der Waals surface area contributed by atoms with Gasteiger partial charge >= 0.3 is 0 Å². The summed E-state index contributed by atoms with van der Waals surface area (Å²) >= 11 is 0. The molecule has 5 heteroatoms. The van der Waals surface area contributed by atoms with E-state index in [-0.39, 0.29) is 18.4 Å². The fraction of sp³-hybridized carbons (Fsp3) is 0.652. The fourth-order valence-electron chi connectivity index (χ4n) is 4.30. The van der Waals surface area contributed by atoms with Gasteiger partial charge in [0, 0.05) is 26.1 Å². The Bertz CT molecular complexity index is 606. The smallest absolute Gasteiger partial charge is 0.260 e. The molecular formula is C23H34N2O3. The Morgan fingerprint density at radius 3 is 2.39 bits per heavy atom. The van der Waals surface area contributed by atoms with Crippen LogP contribution in [0.25, 0.3) is 0 Å². The van der Waals surface area contributed by atoms with Crippen molar-refractivity contribution in [3.63, 3.8) is 0 Å². The molecule has 0 spiro atoms. The number of piperidine rings is 1. The van der Waals surface area contributed by atoms with Crippen LogP contribution in [-0.2, 0) is 9.59 Å². The molecule has 0 bridgehead atoms. The molecule has 1 heterocycles. The molecule has 2 amide bonds. The summed E-state index contributed by atoms with van der Waals surface area (Å²) in [6.45, 7) is 2.33. The van der Waals surface area contributed by atoms with Crippen molar-refractivity contribution in [1.29, 1.82) is 0 Å². The van der Waals surface area contributed by atoms with Crippen molar-refractivity contribution in [2.24, 2.45) is 11.8 Å². The van der Waals surface area contributed by atoms with Gasteiger partial charge in [-0.05, 0) is 43.2 Å². The van der Waals surface area contributed by atoms with E-state index in [1.54, 1.807) is 0 Å². The average Bonchev–Trinajstić information content (AvgIpc) is 2.76. The molecule has 1 saturated carbocycles. The summed E-state index contributed by atoms with van der Waals surface area (Å²) < 4.78 is 5.56. The van der Waals surface area contributed by atoms with E-state index in [9.17, 15) is 9.59 Å². The van der Waals surface area contributed by atoms with Gasteiger partial charge in [-0.25, -0.2) is 0 Å². The van der Waals surface area contributed by atoms with E-state index in [1.165, 1.54) is 32.1 Å². The lowest BCUT2D eigenvalue weighted by Gasteiger charge is -2.32. The molecule has 3 rings (SSSR count). The van der Waals surface area contributed by atoms with E-state index in [1.807, 2.05) is 35.2 Å². The van der Waals surface area contributed by atoms with Gasteiger partial charge < -0.3 is 15.0 Å². The predicted octanol–water partition coefficient (Wildman–Crippen LogP) is 3.78. The quantitative estimate of drug-likeness (QED) is 0.740. The Balaban J connectivity index is 1.27. The summed E-state index contributed by atoms with van der Waals surface area (Å²) in [5.74, 6) is 2.19. The van der Waals surface area contributed by atoms with Gasteiger partial charge in [0.05, 0.1) is 0 Å². The Hall–Kier alpha value is -2.04. The van der Waals surface area contributed by atoms with Gasteiger partial charge in [-0.2, -0.15) is 0 Å². The first-order valence-electron chi connectivity index (χ1n) is 10.9. The van der Waals surface area contributed by atoms with Crippen LogP contribution < -0.4 is 10.1 Å². The van der Waals surface area contributed by atoms with Crippen LogP contribution in [0.3, 0.4) is 0 Å². The van der Waals surface area contributed by atoms with E-state index in [0.29, 0.717) is 12.3 Å². The van der Waals surface area contributed by atoms with E-state index < -0.39 is 0 Å². The lowest BCUT2D eigenvalue weighted by molar-refractivity contribution is -0.135. The number of carbonyl (C=O) groups excluding carboxylic acids is 2. The van der Waals surface area contributed by atoms with Gasteiger partial charge in [-0.3, -0.25) is 9.59 Å². The highest BCUT2D eigenvalue weighted by Crippen LogP contribution is 2.27. The average molecular weight is 387 g/mol. The molecule has 0 atom stereocenters. The molecule has 1 aromatic rings. The zero-order valence-corrected chi connectivity index (χ0v) is 16.9. The predicted molar refractivity (Wildman–Crippen MR) is 110 cm³/mol. The lowest BCUT2D eigenvalue weighted by atomic mass is 9.86. The molecule has 1 aliphatic heterocycles. The lowest BCUT2D eigenvalue weighted by Crippen LogP contribution is -2.43. The highest BCUT2D eigenvalue weighted by Gasteiger charge is 2.23. The Kier molecular flexibility index (Phi) is 8.19. The van der Waals surface area contributed by atoms with Crippen LogP contribution >= 0.6 is 0 Å². The van der Waals surface area contributed by atoms with Crippen LogP contribution in [0.15, 0.2) is 30.3 Å². The third-order valence-corrected chi connectivity index (χ3v) is 6.17. The molecule has 0 aromatic heterocycles. The molecule has 1 N–H and O–H groups in total. The minimum absolute atomic E-state index is 0.0406. The fourth-order valence-corrected chi connectivity index (χ4v) is 4.30. The zero-order valence-electron chi connectivity index (χ0n) is 16.9. The SMILES string of the molecule is O=C(CCC1CCCCC1)NCC1CCN(C(=O)COc2ccccc2)CC1. The molecular weight excluding hydrogens is 352 g/mol. The van der Waals surface area contributed by atoms with Crippen LogP contribution in [0, 0.1) is 11.8 Å². The van der Waals surface area contributed by atoms with Crippen LogP contribution in [0.1, 0.15) is 57.8 Å². The summed E-state index contributed by atoms with van der Waals surface area (Å²) in [6.07, 6.45) is 10.2. The minimum atomic E-state index is 0.0406. The van der Waals surface area contributed by atoms with Crippen LogP contribution in [0.4, 0.5) is 0 Å². The number of benzene rings is 1. The second-order valence-corrected chi connectivity index (χ2v) is 8.27. The van der Waals surface area contributed by atoms with Crippen molar-refractivity contribution >= 4 is 11.8 Å². The maximum Gasteiger partial charge on any atom is 0.260 e. The minimum Gasteiger partial charge on any atom is -0.484 e. The molecule has 5 nitrogen and oxygen atoms in total. The van der Waals surface area contributed by atoms with E-state index >= 15 is 0 Å². The number of para-hydroxylation sites is 1. The molecule has 1 saturated heterocycles. The topological polar surface area (TPSA) is 58.6 Å². The maximum absolute atomic E-state index is 12.3. The molecule has 28 heavy (non-hydrogen) atoms. The molecule has 2 fully saturated rings. The van der Waals surface area contributed by atoms with Crippen molar-refractivity contribution in [2.75, 3.05) is 26.2 Å². The number of ether oxygens (including phenoxy) is 1. The summed E-state index contributed by atoms with van der Waals surface area (Å²) in [5.41, 5.74) is 0. The van der Waals surface area contributed by atoms with Crippen LogP contribution in [-0.4, -0.2) is 43.0 Å². The second-order valence-electron chi connectivity index (χ2n) is 8.27. The molecule has 154 valence electrons. The number of carbonyl (C=O) groups is 2. The molecule has 0 unspecified atom stereocenters. The van der Waals surface area contributed by atoms with E-state index in [0.717, 1.165) is 50.6 Å². The number of rotatable bonds is 8. The second kappa shape index (κ2) is 11.1. The maximum atomic E-state index is 12.3. The van der Waals surface area contributed by atoms with Crippen molar-refractivity contribution in [1.82, 2.24) is 10.2 Å².